The molecule has 4 aromatic rings. The van der Waals surface area contributed by atoms with E-state index in [1.54, 1.807) is 28.1 Å². The van der Waals surface area contributed by atoms with E-state index in [9.17, 15) is 9.59 Å². The van der Waals surface area contributed by atoms with Crippen LogP contribution in [-0.4, -0.2) is 38.0 Å². The van der Waals surface area contributed by atoms with Crippen molar-refractivity contribution >= 4 is 34.2 Å². The highest BCUT2D eigenvalue weighted by molar-refractivity contribution is 7.26. The van der Waals surface area contributed by atoms with Crippen LogP contribution in [0.25, 0.3) is 30.6 Å². The van der Waals surface area contributed by atoms with Crippen molar-refractivity contribution in [3.05, 3.63) is 59.7 Å². The lowest BCUT2D eigenvalue weighted by Crippen LogP contribution is -2.06. The molecular formula is C32H34O6S2. The molecule has 40 heavy (non-hydrogen) atoms. The number of hydrogen-bond acceptors (Lipinski definition) is 8. The first-order valence-corrected chi connectivity index (χ1v) is 14.7. The average Bonchev–Trinajstić information content (AvgIpc) is 3.52. The molecule has 6 nitrogen and oxygen atoms in total. The maximum Gasteiger partial charge on any atom is 0.161 e. The van der Waals surface area contributed by atoms with Crippen molar-refractivity contribution < 1.29 is 28.5 Å². The Bertz CT molecular complexity index is 1430. The second kappa shape index (κ2) is 12.3. The number of methoxy groups -OCH3 is 2. The summed E-state index contributed by atoms with van der Waals surface area (Å²) in [6, 6.07) is 15.0. The van der Waals surface area contributed by atoms with E-state index >= 15 is 0 Å². The summed E-state index contributed by atoms with van der Waals surface area (Å²) in [5.41, 5.74) is 2.62. The molecule has 0 aliphatic rings. The van der Waals surface area contributed by atoms with Crippen LogP contribution in [0.1, 0.15) is 62.3 Å². The van der Waals surface area contributed by atoms with Gasteiger partial charge >= 0.3 is 0 Å². The van der Waals surface area contributed by atoms with E-state index in [1.165, 1.54) is 22.7 Å². The van der Waals surface area contributed by atoms with Crippen LogP contribution in [-0.2, 0) is 0 Å². The lowest BCUT2D eigenvalue weighted by Gasteiger charge is -2.16. The van der Waals surface area contributed by atoms with Gasteiger partial charge in [0.25, 0.3) is 0 Å². The van der Waals surface area contributed by atoms with Crippen LogP contribution in [0.4, 0.5) is 0 Å². The smallest absolute Gasteiger partial charge is 0.161 e. The Kier molecular flexibility index (Phi) is 9.01. The summed E-state index contributed by atoms with van der Waals surface area (Å²) in [7, 11) is 3.23. The molecule has 8 heteroatoms. The Balaban J connectivity index is 1.97. The highest BCUT2D eigenvalue weighted by Gasteiger charge is 2.27. The van der Waals surface area contributed by atoms with E-state index in [0.717, 1.165) is 30.6 Å². The SMILES string of the molecule is COc1cccc(OC(C)C)c1-c1cc(C(C)=O)c(-c2sc(-c3c(OC)cccc3OC(C)C)cc2C(C)=O)s1. The molecule has 0 spiro atoms. The third kappa shape index (κ3) is 5.93. The van der Waals surface area contributed by atoms with E-state index < -0.39 is 0 Å². The summed E-state index contributed by atoms with van der Waals surface area (Å²) in [6.45, 7) is 10.9. The number of benzene rings is 2. The molecule has 0 N–H and O–H groups in total. The zero-order valence-electron chi connectivity index (χ0n) is 24.0. The van der Waals surface area contributed by atoms with Gasteiger partial charge in [-0.25, -0.2) is 0 Å². The van der Waals surface area contributed by atoms with Gasteiger partial charge in [-0.2, -0.15) is 0 Å². The molecule has 0 bridgehead atoms. The quantitative estimate of drug-likeness (QED) is 0.166. The summed E-state index contributed by atoms with van der Waals surface area (Å²) in [6.07, 6.45) is -0.102. The predicted molar refractivity (Wildman–Crippen MR) is 163 cm³/mol. The Labute approximate surface area is 243 Å². The monoisotopic (exact) mass is 578 g/mol. The Hall–Kier alpha value is -3.62. The Morgan fingerprint density at radius 1 is 0.625 bits per heavy atom. The largest absolute Gasteiger partial charge is 0.496 e. The fourth-order valence-electron chi connectivity index (χ4n) is 4.44. The number of carbonyl (C=O) groups is 2. The van der Waals surface area contributed by atoms with E-state index in [0.29, 0.717) is 34.1 Å². The summed E-state index contributed by atoms with van der Waals surface area (Å²) < 4.78 is 23.6. The van der Waals surface area contributed by atoms with Crippen LogP contribution in [0.2, 0.25) is 0 Å². The zero-order valence-corrected chi connectivity index (χ0v) is 25.7. The summed E-state index contributed by atoms with van der Waals surface area (Å²) >= 11 is 2.89. The molecule has 0 atom stereocenters. The summed E-state index contributed by atoms with van der Waals surface area (Å²) in [4.78, 5) is 29.0. The Morgan fingerprint density at radius 3 is 1.27 bits per heavy atom. The molecule has 0 saturated heterocycles. The maximum absolute atomic E-state index is 13.0. The molecule has 0 aliphatic heterocycles. The van der Waals surface area contributed by atoms with Crippen molar-refractivity contribution in [2.45, 2.75) is 53.8 Å². The van der Waals surface area contributed by atoms with Crippen LogP contribution < -0.4 is 18.9 Å². The third-order valence-electron chi connectivity index (χ3n) is 6.06. The molecule has 0 aliphatic carbocycles. The van der Waals surface area contributed by atoms with Gasteiger partial charge in [0.05, 0.1) is 47.3 Å². The lowest BCUT2D eigenvalue weighted by molar-refractivity contribution is 0.100. The van der Waals surface area contributed by atoms with Gasteiger partial charge in [-0.15, -0.1) is 22.7 Å². The average molecular weight is 579 g/mol. The van der Waals surface area contributed by atoms with Gasteiger partial charge in [0, 0.05) is 20.9 Å². The third-order valence-corrected chi connectivity index (χ3v) is 8.53. The minimum absolute atomic E-state index is 0.0511. The molecule has 210 valence electrons. The van der Waals surface area contributed by atoms with Crippen LogP contribution in [0, 0.1) is 0 Å². The molecule has 0 radical (unpaired) electrons. The van der Waals surface area contributed by atoms with Crippen LogP contribution in [0.3, 0.4) is 0 Å². The fraction of sp³-hybridized carbons (Fsp3) is 0.312. The highest BCUT2D eigenvalue weighted by atomic mass is 32.1. The highest BCUT2D eigenvalue weighted by Crippen LogP contribution is 2.51. The van der Waals surface area contributed by atoms with Gasteiger partial charge in [-0.3, -0.25) is 9.59 Å². The molecular weight excluding hydrogens is 544 g/mol. The van der Waals surface area contributed by atoms with Gasteiger partial charge in [0.15, 0.2) is 11.6 Å². The molecule has 0 saturated carbocycles. The number of ketones is 2. The van der Waals surface area contributed by atoms with Gasteiger partial charge in [-0.1, -0.05) is 12.1 Å². The van der Waals surface area contributed by atoms with Crippen LogP contribution in [0.5, 0.6) is 23.0 Å². The zero-order chi connectivity index (χ0) is 29.1. The number of thiophene rings is 2. The van der Waals surface area contributed by atoms with Crippen molar-refractivity contribution in [1.82, 2.24) is 0 Å². The van der Waals surface area contributed by atoms with E-state index in [4.69, 9.17) is 18.9 Å². The Morgan fingerprint density at radius 2 is 0.975 bits per heavy atom. The maximum atomic E-state index is 13.0. The molecule has 4 rings (SSSR count). The lowest BCUT2D eigenvalue weighted by atomic mass is 10.0. The molecule has 2 heterocycles. The van der Waals surface area contributed by atoms with Crippen molar-refractivity contribution in [3.63, 3.8) is 0 Å². The summed E-state index contributed by atoms with van der Waals surface area (Å²) in [5, 5.41) is 0. The molecule has 0 fully saturated rings. The molecule has 0 unspecified atom stereocenters. The molecule has 2 aromatic carbocycles. The molecule has 2 aromatic heterocycles. The minimum atomic E-state index is -0.0932. The van der Waals surface area contributed by atoms with Crippen LogP contribution >= 0.6 is 22.7 Å². The van der Waals surface area contributed by atoms with E-state index in [2.05, 4.69) is 0 Å². The van der Waals surface area contributed by atoms with Crippen molar-refractivity contribution in [2.24, 2.45) is 0 Å². The summed E-state index contributed by atoms with van der Waals surface area (Å²) in [5.74, 6) is 2.43. The first-order valence-electron chi connectivity index (χ1n) is 13.0. The standard InChI is InChI=1S/C32H34O6S2/c1-17(2)37-25-13-9-11-23(35-7)29(25)27-15-21(19(5)33)31(39-27)32-22(20(6)34)16-28(40-32)30-24(36-8)12-10-14-26(30)38-18(3)4/h9-18H,1-8H3. The minimum Gasteiger partial charge on any atom is -0.496 e. The predicted octanol–water partition coefficient (Wildman–Crippen LogP) is 8.81. The second-order valence-corrected chi connectivity index (χ2v) is 11.9. The second-order valence-electron chi connectivity index (χ2n) is 9.82. The number of rotatable bonds is 11. The van der Waals surface area contributed by atoms with E-state index in [1.807, 2.05) is 76.2 Å². The number of Topliss-reactive ketones (excluding diaryl/α,β-unsaturated/α-hetero) is 2. The normalized spacial score (nSPS) is 11.2. The fourth-order valence-corrected chi connectivity index (χ4v) is 7.12. The first kappa shape index (κ1) is 29.4. The van der Waals surface area contributed by atoms with Gasteiger partial charge < -0.3 is 18.9 Å². The van der Waals surface area contributed by atoms with Crippen molar-refractivity contribution in [3.8, 4) is 53.6 Å². The number of ether oxygens (including phenoxy) is 4. The van der Waals surface area contributed by atoms with Gasteiger partial charge in [-0.05, 0) is 77.9 Å². The van der Waals surface area contributed by atoms with Crippen molar-refractivity contribution in [1.29, 1.82) is 0 Å². The van der Waals surface area contributed by atoms with E-state index in [-0.39, 0.29) is 23.8 Å². The van der Waals surface area contributed by atoms with Gasteiger partial charge in [0.1, 0.15) is 23.0 Å². The van der Waals surface area contributed by atoms with Crippen LogP contribution in [0.15, 0.2) is 48.5 Å². The first-order chi connectivity index (χ1) is 19.0. The number of carbonyl (C=O) groups excluding carboxylic acids is 2. The molecule has 0 amide bonds. The topological polar surface area (TPSA) is 71.1 Å². The van der Waals surface area contributed by atoms with Crippen molar-refractivity contribution in [2.75, 3.05) is 14.2 Å². The van der Waals surface area contributed by atoms with Gasteiger partial charge in [0.2, 0.25) is 0 Å². The number of hydrogen-bond donors (Lipinski definition) is 0.